The van der Waals surface area contributed by atoms with Crippen molar-refractivity contribution in [1.82, 2.24) is 10.3 Å². The lowest BCUT2D eigenvalue weighted by molar-refractivity contribution is 0.0991. The first-order chi connectivity index (χ1) is 17.4. The van der Waals surface area contributed by atoms with Gasteiger partial charge in [0.25, 0.3) is 0 Å². The maximum atomic E-state index is 10.6. The molecule has 0 unspecified atom stereocenters. The van der Waals surface area contributed by atoms with E-state index < -0.39 is 6.10 Å². The van der Waals surface area contributed by atoms with Crippen molar-refractivity contribution in [3.63, 3.8) is 0 Å². The number of terminal acetylenes is 1. The van der Waals surface area contributed by atoms with E-state index in [1.165, 1.54) is 0 Å². The minimum absolute atomic E-state index is 0.213. The minimum atomic E-state index is -0.639. The highest BCUT2D eigenvalue weighted by atomic mass is 32.1. The number of hydrogen-bond acceptors (Lipinski definition) is 6. The van der Waals surface area contributed by atoms with Crippen LogP contribution >= 0.6 is 11.3 Å². The Bertz CT molecular complexity index is 1290. The van der Waals surface area contributed by atoms with Gasteiger partial charge in [-0.2, -0.15) is 0 Å². The number of benzene rings is 2. The third kappa shape index (κ3) is 6.96. The molecule has 36 heavy (non-hydrogen) atoms. The number of pyridine rings is 1. The summed E-state index contributed by atoms with van der Waals surface area (Å²) in [4.78, 5) is 5.36. The van der Waals surface area contributed by atoms with Gasteiger partial charge in [0.05, 0.1) is 5.56 Å². The van der Waals surface area contributed by atoms with Crippen LogP contribution < -0.4 is 14.8 Å². The molecule has 2 N–H and O–H groups in total. The second kappa shape index (κ2) is 11.9. The molecule has 2 heterocycles. The minimum Gasteiger partial charge on any atom is -0.490 e. The fourth-order valence-corrected chi connectivity index (χ4v) is 4.57. The van der Waals surface area contributed by atoms with Crippen LogP contribution in [0.5, 0.6) is 17.4 Å². The van der Waals surface area contributed by atoms with Crippen molar-refractivity contribution in [3.8, 4) is 40.2 Å². The van der Waals surface area contributed by atoms with E-state index in [0.29, 0.717) is 23.7 Å². The fourth-order valence-electron chi connectivity index (χ4n) is 3.81. The summed E-state index contributed by atoms with van der Waals surface area (Å²) in [6, 6.07) is 23.5. The molecule has 0 aliphatic carbocycles. The molecule has 184 valence electrons. The summed E-state index contributed by atoms with van der Waals surface area (Å²) in [6.07, 6.45) is 7.31. The second-order valence-corrected chi connectivity index (χ2v) is 10.1. The SMILES string of the molecule is C#Cc1cccnc1Oc1ccc(CC(C)(C)NC[C@H](O)COc2ccccc2-c2cccs2)cc1. The van der Waals surface area contributed by atoms with E-state index in [2.05, 4.69) is 36.1 Å². The summed E-state index contributed by atoms with van der Waals surface area (Å²) >= 11 is 1.67. The second-order valence-electron chi connectivity index (χ2n) is 9.13. The molecule has 2 aromatic heterocycles. The van der Waals surface area contributed by atoms with Crippen molar-refractivity contribution in [1.29, 1.82) is 0 Å². The molecule has 0 fully saturated rings. The average molecular weight is 499 g/mol. The third-order valence-electron chi connectivity index (χ3n) is 5.63. The maximum Gasteiger partial charge on any atom is 0.235 e. The molecule has 0 bridgehead atoms. The van der Waals surface area contributed by atoms with Crippen LogP contribution in [0.2, 0.25) is 0 Å². The molecule has 4 rings (SSSR count). The summed E-state index contributed by atoms with van der Waals surface area (Å²) in [5, 5.41) is 16.1. The summed E-state index contributed by atoms with van der Waals surface area (Å²) < 4.78 is 11.8. The third-order valence-corrected chi connectivity index (χ3v) is 6.53. The predicted molar refractivity (Wildman–Crippen MR) is 146 cm³/mol. The molecule has 0 saturated heterocycles. The van der Waals surface area contributed by atoms with Gasteiger partial charge >= 0.3 is 0 Å². The van der Waals surface area contributed by atoms with E-state index in [-0.39, 0.29) is 12.1 Å². The van der Waals surface area contributed by atoms with Crippen LogP contribution in [0, 0.1) is 12.3 Å². The largest absolute Gasteiger partial charge is 0.490 e. The van der Waals surface area contributed by atoms with Gasteiger partial charge in [0.15, 0.2) is 0 Å². The monoisotopic (exact) mass is 498 g/mol. The lowest BCUT2D eigenvalue weighted by Crippen LogP contribution is -2.46. The van der Waals surface area contributed by atoms with E-state index >= 15 is 0 Å². The number of aliphatic hydroxyl groups excluding tert-OH is 1. The number of ether oxygens (including phenoxy) is 2. The van der Waals surface area contributed by atoms with Gasteiger partial charge in [-0.1, -0.05) is 36.3 Å². The molecule has 0 spiro atoms. The Kier molecular flexibility index (Phi) is 8.40. The van der Waals surface area contributed by atoms with Crippen molar-refractivity contribution >= 4 is 11.3 Å². The number of hydrogen-bond donors (Lipinski definition) is 2. The molecule has 5 nitrogen and oxygen atoms in total. The molecular weight excluding hydrogens is 468 g/mol. The lowest BCUT2D eigenvalue weighted by atomic mass is 9.94. The molecule has 0 amide bonds. The van der Waals surface area contributed by atoms with Crippen LogP contribution in [-0.2, 0) is 6.42 Å². The van der Waals surface area contributed by atoms with Gasteiger partial charge in [-0.05, 0) is 73.7 Å². The van der Waals surface area contributed by atoms with E-state index in [9.17, 15) is 5.11 Å². The van der Waals surface area contributed by atoms with Crippen LogP contribution in [0.3, 0.4) is 0 Å². The quantitative estimate of drug-likeness (QED) is 0.251. The van der Waals surface area contributed by atoms with Crippen molar-refractivity contribution in [2.45, 2.75) is 31.9 Å². The fraction of sp³-hybridized carbons (Fsp3) is 0.233. The molecule has 0 radical (unpaired) electrons. The van der Waals surface area contributed by atoms with Crippen molar-refractivity contribution in [3.05, 3.63) is 95.5 Å². The molecule has 2 aromatic carbocycles. The van der Waals surface area contributed by atoms with E-state index in [0.717, 1.165) is 28.2 Å². The summed E-state index contributed by atoms with van der Waals surface area (Å²) in [5.74, 6) is 4.46. The first-order valence-electron chi connectivity index (χ1n) is 11.8. The van der Waals surface area contributed by atoms with Gasteiger partial charge < -0.3 is 19.9 Å². The maximum absolute atomic E-state index is 10.6. The number of aliphatic hydroxyl groups is 1. The smallest absolute Gasteiger partial charge is 0.235 e. The first kappa shape index (κ1) is 25.5. The van der Waals surface area contributed by atoms with Gasteiger partial charge in [-0.15, -0.1) is 17.8 Å². The van der Waals surface area contributed by atoms with E-state index in [4.69, 9.17) is 15.9 Å². The Balaban J connectivity index is 1.27. The van der Waals surface area contributed by atoms with Crippen molar-refractivity contribution < 1.29 is 14.6 Å². The summed E-state index contributed by atoms with van der Waals surface area (Å²) in [7, 11) is 0. The zero-order valence-electron chi connectivity index (χ0n) is 20.5. The zero-order valence-corrected chi connectivity index (χ0v) is 21.3. The standard InChI is InChI=1S/C30H30N2O3S/c1-4-23-9-7-17-31-29(23)35-25-15-13-22(14-16-25)19-30(2,3)32-20-24(33)21-34-27-11-6-5-10-26(27)28-12-8-18-36-28/h1,5-18,24,32-33H,19-21H2,2-3H3/t24-/m0/s1. The number of thiophene rings is 1. The van der Waals surface area contributed by atoms with Gasteiger partial charge in [-0.3, -0.25) is 0 Å². The van der Waals surface area contributed by atoms with Crippen LogP contribution in [0.25, 0.3) is 10.4 Å². The summed E-state index contributed by atoms with van der Waals surface area (Å²) in [5.41, 5.74) is 2.58. The Morgan fingerprint density at radius 2 is 1.86 bits per heavy atom. The summed E-state index contributed by atoms with van der Waals surface area (Å²) in [6.45, 7) is 4.86. The van der Waals surface area contributed by atoms with Gasteiger partial charge in [0.1, 0.15) is 24.2 Å². The normalized spacial score (nSPS) is 12.1. The number of nitrogens with one attached hydrogen (secondary N) is 1. The van der Waals surface area contributed by atoms with Crippen molar-refractivity contribution in [2.75, 3.05) is 13.2 Å². The Morgan fingerprint density at radius 1 is 1.06 bits per heavy atom. The Morgan fingerprint density at radius 3 is 2.61 bits per heavy atom. The number of para-hydroxylation sites is 1. The molecule has 0 aliphatic heterocycles. The molecule has 6 heteroatoms. The topological polar surface area (TPSA) is 63.6 Å². The molecule has 0 saturated carbocycles. The Labute approximate surface area is 216 Å². The van der Waals surface area contributed by atoms with Crippen LogP contribution in [0.1, 0.15) is 25.0 Å². The van der Waals surface area contributed by atoms with Gasteiger partial charge in [-0.25, -0.2) is 4.98 Å². The number of nitrogens with zero attached hydrogens (tertiary/aromatic N) is 1. The van der Waals surface area contributed by atoms with E-state index in [1.54, 1.807) is 29.7 Å². The van der Waals surface area contributed by atoms with Gasteiger partial charge in [0.2, 0.25) is 5.88 Å². The van der Waals surface area contributed by atoms with Crippen LogP contribution in [0.4, 0.5) is 0 Å². The number of β-amino-alcohol motifs (C(OH)–C–C–N with tert-alkyl or cyclic N) is 1. The van der Waals surface area contributed by atoms with E-state index in [1.807, 2.05) is 60.0 Å². The molecule has 4 aromatic rings. The molecule has 1 atom stereocenters. The van der Waals surface area contributed by atoms with Crippen molar-refractivity contribution in [2.24, 2.45) is 0 Å². The van der Waals surface area contributed by atoms with Crippen LogP contribution in [0.15, 0.2) is 84.4 Å². The number of rotatable bonds is 11. The highest BCUT2D eigenvalue weighted by Crippen LogP contribution is 2.33. The first-order valence-corrected chi connectivity index (χ1v) is 12.7. The average Bonchev–Trinajstić information content (AvgIpc) is 3.43. The highest BCUT2D eigenvalue weighted by Gasteiger charge is 2.20. The molecule has 0 aliphatic rings. The van der Waals surface area contributed by atoms with Crippen LogP contribution in [-0.4, -0.2) is 34.9 Å². The zero-order chi connectivity index (χ0) is 25.4. The highest BCUT2D eigenvalue weighted by molar-refractivity contribution is 7.13. The Hall–Kier alpha value is -3.63. The van der Waals surface area contributed by atoms with Gasteiger partial charge in [0, 0.05) is 28.7 Å². The number of aromatic nitrogens is 1. The molecular formula is C30H30N2O3S. The lowest BCUT2D eigenvalue weighted by Gasteiger charge is -2.28. The predicted octanol–water partition coefficient (Wildman–Crippen LogP) is 5.93.